The van der Waals surface area contributed by atoms with Crippen molar-refractivity contribution in [3.8, 4) is 0 Å². The number of nitrogens with zero attached hydrogens (tertiary/aromatic N) is 1. The zero-order chi connectivity index (χ0) is 15.5. The summed E-state index contributed by atoms with van der Waals surface area (Å²) in [5.74, 6) is 0.833. The highest BCUT2D eigenvalue weighted by molar-refractivity contribution is 7.98. The first kappa shape index (κ1) is 17.9. The van der Waals surface area contributed by atoms with Gasteiger partial charge in [-0.1, -0.05) is 12.1 Å². The minimum absolute atomic E-state index is 0.776. The summed E-state index contributed by atoms with van der Waals surface area (Å²) in [5, 5.41) is 6.66. The fourth-order valence-corrected chi connectivity index (χ4v) is 2.63. The molecule has 0 aliphatic rings. The molecule has 0 heterocycles. The lowest BCUT2D eigenvalue weighted by molar-refractivity contribution is 0.145. The Balaban J connectivity index is 2.41. The monoisotopic (exact) mass is 309 g/mol. The van der Waals surface area contributed by atoms with Gasteiger partial charge in [-0.25, -0.2) is 0 Å². The zero-order valence-corrected chi connectivity index (χ0v) is 14.3. The van der Waals surface area contributed by atoms with Gasteiger partial charge >= 0.3 is 0 Å². The summed E-state index contributed by atoms with van der Waals surface area (Å²) >= 11 is 1.78. The third-order valence-electron chi connectivity index (χ3n) is 3.07. The van der Waals surface area contributed by atoms with Crippen LogP contribution < -0.4 is 10.6 Å². The van der Waals surface area contributed by atoms with E-state index in [1.807, 2.05) is 6.92 Å². The van der Waals surface area contributed by atoms with Gasteiger partial charge in [-0.05, 0) is 43.7 Å². The van der Waals surface area contributed by atoms with Gasteiger partial charge in [0.1, 0.15) is 0 Å². The Morgan fingerprint density at radius 3 is 2.81 bits per heavy atom. The maximum Gasteiger partial charge on any atom is 0.191 e. The van der Waals surface area contributed by atoms with Crippen LogP contribution in [0, 0.1) is 6.92 Å². The fraction of sp³-hybridized carbons (Fsp3) is 0.562. The van der Waals surface area contributed by atoms with Crippen molar-refractivity contribution in [3.63, 3.8) is 0 Å². The zero-order valence-electron chi connectivity index (χ0n) is 13.5. The summed E-state index contributed by atoms with van der Waals surface area (Å²) in [7, 11) is 1.79. The van der Waals surface area contributed by atoms with Crippen molar-refractivity contribution >= 4 is 17.7 Å². The summed E-state index contributed by atoms with van der Waals surface area (Å²) in [6.45, 7) is 7.34. The topological polar surface area (TPSA) is 45.6 Å². The lowest BCUT2D eigenvalue weighted by Gasteiger charge is -2.14. The lowest BCUT2D eigenvalue weighted by Crippen LogP contribution is -2.37. The van der Waals surface area contributed by atoms with Gasteiger partial charge in [-0.3, -0.25) is 4.99 Å². The summed E-state index contributed by atoms with van der Waals surface area (Å²) in [6.07, 6.45) is 3.09. The number of rotatable bonds is 8. The third-order valence-corrected chi connectivity index (χ3v) is 3.89. The average molecular weight is 309 g/mol. The molecule has 0 aliphatic carbocycles. The minimum Gasteiger partial charge on any atom is -0.382 e. The molecule has 0 aliphatic heterocycles. The number of thioether (sulfide) groups is 1. The second kappa shape index (κ2) is 10.5. The molecule has 1 aromatic carbocycles. The molecule has 0 fully saturated rings. The first-order valence-corrected chi connectivity index (χ1v) is 8.59. The maximum absolute atomic E-state index is 5.32. The van der Waals surface area contributed by atoms with Crippen LogP contribution in [0.25, 0.3) is 0 Å². The standard InChI is InChI=1S/C16H27N3OS/c1-5-20-10-6-9-18-16(17-3)19-12-14-8-7-13(2)11-15(14)21-4/h7-8,11H,5-6,9-10,12H2,1-4H3,(H2,17,18,19). The number of hydrogen-bond acceptors (Lipinski definition) is 3. The quantitative estimate of drug-likeness (QED) is 0.335. The van der Waals surface area contributed by atoms with Crippen molar-refractivity contribution in [1.29, 1.82) is 0 Å². The highest BCUT2D eigenvalue weighted by Crippen LogP contribution is 2.21. The molecule has 4 nitrogen and oxygen atoms in total. The molecule has 0 unspecified atom stereocenters. The highest BCUT2D eigenvalue weighted by atomic mass is 32.2. The van der Waals surface area contributed by atoms with E-state index in [2.05, 4.69) is 47.0 Å². The Morgan fingerprint density at radius 1 is 1.33 bits per heavy atom. The number of ether oxygens (including phenoxy) is 1. The number of aryl methyl sites for hydroxylation is 1. The summed E-state index contributed by atoms with van der Waals surface area (Å²) in [6, 6.07) is 6.55. The van der Waals surface area contributed by atoms with E-state index in [1.54, 1.807) is 18.8 Å². The van der Waals surface area contributed by atoms with Crippen molar-refractivity contribution in [2.45, 2.75) is 31.7 Å². The summed E-state index contributed by atoms with van der Waals surface area (Å²) in [5.41, 5.74) is 2.59. The molecule has 0 saturated carbocycles. The van der Waals surface area contributed by atoms with E-state index >= 15 is 0 Å². The van der Waals surface area contributed by atoms with Crippen molar-refractivity contribution < 1.29 is 4.74 Å². The van der Waals surface area contributed by atoms with E-state index in [9.17, 15) is 0 Å². The smallest absolute Gasteiger partial charge is 0.191 e. The number of guanidine groups is 1. The fourth-order valence-electron chi connectivity index (χ4n) is 1.92. The van der Waals surface area contributed by atoms with Crippen LogP contribution in [0.3, 0.4) is 0 Å². The lowest BCUT2D eigenvalue weighted by atomic mass is 10.1. The number of aliphatic imine (C=N–C) groups is 1. The molecule has 0 saturated heterocycles. The van der Waals surface area contributed by atoms with Gasteiger partial charge in [0.05, 0.1) is 0 Å². The number of hydrogen-bond donors (Lipinski definition) is 2. The molecule has 0 spiro atoms. The van der Waals surface area contributed by atoms with E-state index in [-0.39, 0.29) is 0 Å². The summed E-state index contributed by atoms with van der Waals surface area (Å²) in [4.78, 5) is 5.55. The predicted molar refractivity (Wildman–Crippen MR) is 92.3 cm³/mol. The molecule has 5 heteroatoms. The molecule has 2 N–H and O–H groups in total. The molecule has 0 bridgehead atoms. The van der Waals surface area contributed by atoms with E-state index in [4.69, 9.17) is 4.74 Å². The second-order valence-corrected chi connectivity index (χ2v) is 5.57. The van der Waals surface area contributed by atoms with Crippen LogP contribution in [0.4, 0.5) is 0 Å². The Hall–Kier alpha value is -1.20. The van der Waals surface area contributed by atoms with Gasteiger partial charge in [-0.15, -0.1) is 11.8 Å². The molecule has 0 atom stereocenters. The van der Waals surface area contributed by atoms with Gasteiger partial charge in [0.25, 0.3) is 0 Å². The van der Waals surface area contributed by atoms with Gasteiger partial charge < -0.3 is 15.4 Å². The molecule has 0 radical (unpaired) electrons. The van der Waals surface area contributed by atoms with Gasteiger partial charge in [0, 0.05) is 38.2 Å². The van der Waals surface area contributed by atoms with Crippen LogP contribution in [-0.2, 0) is 11.3 Å². The van der Waals surface area contributed by atoms with E-state index < -0.39 is 0 Å². The normalized spacial score (nSPS) is 11.5. The van der Waals surface area contributed by atoms with Crippen molar-refractivity contribution in [2.75, 3.05) is 33.1 Å². The third kappa shape index (κ3) is 6.87. The number of nitrogens with one attached hydrogen (secondary N) is 2. The van der Waals surface area contributed by atoms with E-state index in [0.29, 0.717) is 0 Å². The predicted octanol–water partition coefficient (Wildman–Crippen LogP) is 2.81. The SMILES string of the molecule is CCOCCCNC(=NC)NCc1ccc(C)cc1SC. The van der Waals surface area contributed by atoms with Crippen LogP contribution in [0.1, 0.15) is 24.5 Å². The van der Waals surface area contributed by atoms with E-state index in [0.717, 1.165) is 38.7 Å². The van der Waals surface area contributed by atoms with Crippen LogP contribution in [0.5, 0.6) is 0 Å². The van der Waals surface area contributed by atoms with Gasteiger partial charge in [0.2, 0.25) is 0 Å². The number of benzene rings is 1. The van der Waals surface area contributed by atoms with Crippen LogP contribution in [-0.4, -0.2) is 39.0 Å². The van der Waals surface area contributed by atoms with E-state index in [1.165, 1.54) is 16.0 Å². The summed E-state index contributed by atoms with van der Waals surface area (Å²) < 4.78 is 5.32. The van der Waals surface area contributed by atoms with Crippen LogP contribution in [0.2, 0.25) is 0 Å². The minimum atomic E-state index is 0.776. The van der Waals surface area contributed by atoms with Crippen molar-refractivity contribution in [3.05, 3.63) is 29.3 Å². The van der Waals surface area contributed by atoms with Crippen LogP contribution in [0.15, 0.2) is 28.1 Å². The van der Waals surface area contributed by atoms with Crippen molar-refractivity contribution in [1.82, 2.24) is 10.6 Å². The molecule has 1 rings (SSSR count). The molecular formula is C16H27N3OS. The van der Waals surface area contributed by atoms with Gasteiger partial charge in [-0.2, -0.15) is 0 Å². The molecule has 118 valence electrons. The first-order valence-electron chi connectivity index (χ1n) is 7.37. The largest absolute Gasteiger partial charge is 0.382 e. The molecular weight excluding hydrogens is 282 g/mol. The molecule has 0 amide bonds. The molecule has 1 aromatic rings. The molecule has 0 aromatic heterocycles. The van der Waals surface area contributed by atoms with Crippen LogP contribution >= 0.6 is 11.8 Å². The highest BCUT2D eigenvalue weighted by Gasteiger charge is 2.03. The Kier molecular flexibility index (Phi) is 8.94. The first-order chi connectivity index (χ1) is 10.2. The molecule has 21 heavy (non-hydrogen) atoms. The van der Waals surface area contributed by atoms with Gasteiger partial charge in [0.15, 0.2) is 5.96 Å². The average Bonchev–Trinajstić information content (AvgIpc) is 2.50. The second-order valence-electron chi connectivity index (χ2n) is 4.72. The Bertz CT molecular complexity index is 449. The Morgan fingerprint density at radius 2 is 2.14 bits per heavy atom. The van der Waals surface area contributed by atoms with Crippen molar-refractivity contribution in [2.24, 2.45) is 4.99 Å². The maximum atomic E-state index is 5.32. The Labute approximate surface area is 132 Å².